The minimum Gasteiger partial charge on any atom is -0.381 e. The van der Waals surface area contributed by atoms with Crippen molar-refractivity contribution in [1.29, 1.82) is 0 Å². The Morgan fingerprint density at radius 2 is 2.07 bits per heavy atom. The Hall–Kier alpha value is -2.12. The van der Waals surface area contributed by atoms with E-state index in [-0.39, 0.29) is 5.60 Å². The van der Waals surface area contributed by atoms with Crippen LogP contribution in [0.15, 0.2) is 18.5 Å². The van der Waals surface area contributed by atoms with Gasteiger partial charge in [0.05, 0.1) is 23.0 Å². The summed E-state index contributed by atoms with van der Waals surface area (Å²) in [6.07, 6.45) is 13.9. The average molecular weight is 383 g/mol. The van der Waals surface area contributed by atoms with Crippen LogP contribution < -0.4 is 10.8 Å². The van der Waals surface area contributed by atoms with Crippen LogP contribution in [0.5, 0.6) is 0 Å². The molecule has 0 aromatic carbocycles. The highest BCUT2D eigenvalue weighted by atomic mass is 16.7. The van der Waals surface area contributed by atoms with Crippen LogP contribution in [-0.2, 0) is 16.1 Å². The molecule has 1 saturated heterocycles. The zero-order chi connectivity index (χ0) is 19.0. The second-order valence-corrected chi connectivity index (χ2v) is 8.22. The van der Waals surface area contributed by atoms with Crippen LogP contribution in [0.2, 0.25) is 0 Å². The van der Waals surface area contributed by atoms with E-state index in [9.17, 15) is 0 Å². The largest absolute Gasteiger partial charge is 0.381 e. The molecule has 3 aliphatic rings. The monoisotopic (exact) mass is 383 g/mol. The molecule has 7 heteroatoms. The van der Waals surface area contributed by atoms with E-state index in [0.717, 1.165) is 79.8 Å². The summed E-state index contributed by atoms with van der Waals surface area (Å²) in [5.74, 6) is 0. The van der Waals surface area contributed by atoms with Gasteiger partial charge in [0.2, 0.25) is 0 Å². The first-order valence-corrected chi connectivity index (χ1v) is 10.6. The van der Waals surface area contributed by atoms with E-state index >= 15 is 0 Å². The first kappa shape index (κ1) is 17.9. The van der Waals surface area contributed by atoms with E-state index in [1.54, 1.807) is 0 Å². The molecule has 0 atom stereocenters. The molecule has 0 amide bonds. The molecule has 1 spiro atoms. The molecule has 1 aliphatic carbocycles. The first-order chi connectivity index (χ1) is 13.8. The molecule has 5 rings (SSSR count). The van der Waals surface area contributed by atoms with Crippen molar-refractivity contribution in [1.82, 2.24) is 20.2 Å². The average Bonchev–Trinajstić information content (AvgIpc) is 3.45. The van der Waals surface area contributed by atoms with Gasteiger partial charge in [-0.3, -0.25) is 10.3 Å². The molecule has 1 saturated carbocycles. The van der Waals surface area contributed by atoms with Gasteiger partial charge in [0.1, 0.15) is 5.60 Å². The second kappa shape index (κ2) is 7.37. The van der Waals surface area contributed by atoms with Gasteiger partial charge in [-0.25, -0.2) is 9.67 Å². The van der Waals surface area contributed by atoms with E-state index in [2.05, 4.69) is 28.9 Å². The van der Waals surface area contributed by atoms with Gasteiger partial charge in [-0.1, -0.05) is 19.8 Å². The van der Waals surface area contributed by atoms with E-state index in [1.807, 2.05) is 17.1 Å². The standard InChI is InChI=1S/C21H29N5O2/c1-2-9-26-20-17(14-23-26)19(24-15-5-10-27-11-6-15)16(13-22-20)18-12-21(28-25-18)7-3-4-8-21/h12-15,25H,2-11H2,1H3,(H,22,24). The van der Waals surface area contributed by atoms with E-state index in [4.69, 9.17) is 14.6 Å². The smallest absolute Gasteiger partial charge is 0.159 e. The van der Waals surface area contributed by atoms with Gasteiger partial charge in [0.15, 0.2) is 5.65 Å². The molecule has 0 unspecified atom stereocenters. The molecule has 2 N–H and O–H groups in total. The Morgan fingerprint density at radius 3 is 2.86 bits per heavy atom. The fraction of sp³-hybridized carbons (Fsp3) is 0.619. The molecule has 2 aromatic heterocycles. The molecule has 28 heavy (non-hydrogen) atoms. The third kappa shape index (κ3) is 3.16. The lowest BCUT2D eigenvalue weighted by Gasteiger charge is -2.25. The molecule has 150 valence electrons. The number of pyridine rings is 1. The summed E-state index contributed by atoms with van der Waals surface area (Å²) < 4.78 is 7.54. The predicted octanol–water partition coefficient (Wildman–Crippen LogP) is 3.62. The fourth-order valence-corrected chi connectivity index (χ4v) is 4.64. The Kier molecular flexibility index (Phi) is 4.72. The van der Waals surface area contributed by atoms with Gasteiger partial charge < -0.3 is 10.1 Å². The van der Waals surface area contributed by atoms with Crippen molar-refractivity contribution in [2.24, 2.45) is 0 Å². The van der Waals surface area contributed by atoms with Crippen LogP contribution in [0.3, 0.4) is 0 Å². The summed E-state index contributed by atoms with van der Waals surface area (Å²) in [7, 11) is 0. The van der Waals surface area contributed by atoms with E-state index < -0.39 is 0 Å². The lowest BCUT2D eigenvalue weighted by Crippen LogP contribution is -2.28. The predicted molar refractivity (Wildman–Crippen MR) is 109 cm³/mol. The number of hydrogen-bond donors (Lipinski definition) is 2. The van der Waals surface area contributed by atoms with Crippen LogP contribution in [0, 0.1) is 0 Å². The second-order valence-electron chi connectivity index (χ2n) is 8.22. The summed E-state index contributed by atoms with van der Waals surface area (Å²) in [6, 6.07) is 0.399. The summed E-state index contributed by atoms with van der Waals surface area (Å²) in [4.78, 5) is 10.8. The lowest BCUT2D eigenvalue weighted by atomic mass is 9.99. The highest BCUT2D eigenvalue weighted by molar-refractivity contribution is 5.95. The first-order valence-electron chi connectivity index (χ1n) is 10.6. The Bertz CT molecular complexity index is 878. The van der Waals surface area contributed by atoms with Crippen molar-refractivity contribution in [3.63, 3.8) is 0 Å². The normalized spacial score (nSPS) is 22.0. The van der Waals surface area contributed by atoms with Crippen molar-refractivity contribution in [3.05, 3.63) is 24.0 Å². The van der Waals surface area contributed by atoms with Crippen molar-refractivity contribution in [3.8, 4) is 0 Å². The molecular weight excluding hydrogens is 354 g/mol. The quantitative estimate of drug-likeness (QED) is 0.822. The third-order valence-electron chi connectivity index (χ3n) is 6.18. The molecule has 0 bridgehead atoms. The molecule has 0 radical (unpaired) electrons. The summed E-state index contributed by atoms with van der Waals surface area (Å²) in [6.45, 7) is 4.65. The number of ether oxygens (including phenoxy) is 1. The van der Waals surface area contributed by atoms with Crippen molar-refractivity contribution in [2.45, 2.75) is 70.1 Å². The SMILES string of the molecule is CCCn1ncc2c(NC3CCOCC3)c(C3=CC4(CCCC4)ON3)cnc21. The topological polar surface area (TPSA) is 73.2 Å². The van der Waals surface area contributed by atoms with Gasteiger partial charge in [-0.2, -0.15) is 5.10 Å². The highest BCUT2D eigenvalue weighted by Gasteiger charge is 2.39. The van der Waals surface area contributed by atoms with Gasteiger partial charge in [0.25, 0.3) is 0 Å². The van der Waals surface area contributed by atoms with Crippen molar-refractivity contribution < 1.29 is 9.57 Å². The third-order valence-corrected chi connectivity index (χ3v) is 6.18. The number of nitrogens with one attached hydrogen (secondary N) is 2. The number of hydroxylamine groups is 1. The van der Waals surface area contributed by atoms with E-state index in [1.165, 1.54) is 12.8 Å². The summed E-state index contributed by atoms with van der Waals surface area (Å²) in [5.41, 5.74) is 7.20. The molecule has 4 heterocycles. The number of hydrogen-bond acceptors (Lipinski definition) is 6. The molecular formula is C21H29N5O2. The molecule has 2 aliphatic heterocycles. The van der Waals surface area contributed by atoms with Gasteiger partial charge >= 0.3 is 0 Å². The number of anilines is 1. The van der Waals surface area contributed by atoms with Crippen LogP contribution in [0.4, 0.5) is 5.69 Å². The van der Waals surface area contributed by atoms with Crippen LogP contribution in [0.25, 0.3) is 16.7 Å². The molecule has 7 nitrogen and oxygen atoms in total. The summed E-state index contributed by atoms with van der Waals surface area (Å²) in [5, 5.41) is 9.47. The number of rotatable bonds is 5. The number of nitrogens with zero attached hydrogens (tertiary/aromatic N) is 3. The lowest BCUT2D eigenvalue weighted by molar-refractivity contribution is -0.0289. The minimum absolute atomic E-state index is 0.146. The maximum atomic E-state index is 6.03. The number of fused-ring (bicyclic) bond motifs is 1. The van der Waals surface area contributed by atoms with Gasteiger partial charge in [-0.15, -0.1) is 0 Å². The Morgan fingerprint density at radius 1 is 1.25 bits per heavy atom. The van der Waals surface area contributed by atoms with Crippen LogP contribution in [0.1, 0.15) is 57.4 Å². The van der Waals surface area contributed by atoms with E-state index in [0.29, 0.717) is 6.04 Å². The molecule has 2 aromatic rings. The fourth-order valence-electron chi connectivity index (χ4n) is 4.64. The minimum atomic E-state index is -0.146. The maximum absolute atomic E-state index is 6.03. The van der Waals surface area contributed by atoms with Crippen LogP contribution >= 0.6 is 0 Å². The number of aromatic nitrogens is 3. The molecule has 2 fully saturated rings. The maximum Gasteiger partial charge on any atom is 0.159 e. The van der Waals surface area contributed by atoms with Crippen LogP contribution in [-0.4, -0.2) is 39.6 Å². The van der Waals surface area contributed by atoms with Crippen molar-refractivity contribution >= 4 is 22.4 Å². The van der Waals surface area contributed by atoms with Gasteiger partial charge in [-0.05, 0) is 38.2 Å². The Labute approximate surface area is 165 Å². The van der Waals surface area contributed by atoms with Crippen molar-refractivity contribution in [2.75, 3.05) is 18.5 Å². The zero-order valence-electron chi connectivity index (χ0n) is 16.5. The summed E-state index contributed by atoms with van der Waals surface area (Å²) >= 11 is 0. The zero-order valence-corrected chi connectivity index (χ0v) is 16.5. The number of aryl methyl sites for hydroxylation is 1. The highest BCUT2D eigenvalue weighted by Crippen LogP contribution is 2.41. The Balaban J connectivity index is 1.56. The van der Waals surface area contributed by atoms with Gasteiger partial charge in [0, 0.05) is 37.6 Å².